The van der Waals surface area contributed by atoms with E-state index in [0.29, 0.717) is 0 Å². The smallest absolute Gasteiger partial charge is 0.00772 e. The van der Waals surface area contributed by atoms with Gasteiger partial charge in [0.25, 0.3) is 0 Å². The van der Waals surface area contributed by atoms with E-state index in [1.54, 1.807) is 0 Å². The lowest BCUT2D eigenvalue weighted by Gasteiger charge is -2.06. The van der Waals surface area contributed by atoms with Crippen LogP contribution in [-0.2, 0) is 0 Å². The number of hydrogen-bond donors (Lipinski definition) is 4. The van der Waals surface area contributed by atoms with Gasteiger partial charge in [0, 0.05) is 32.7 Å². The van der Waals surface area contributed by atoms with E-state index in [0.717, 1.165) is 45.7 Å². The van der Waals surface area contributed by atoms with Gasteiger partial charge in [-0.05, 0) is 25.6 Å². The molecule has 0 fully saturated rings. The minimum Gasteiger partial charge on any atom is -0.315 e. The minimum absolute atomic E-state index is 0.831. The van der Waals surface area contributed by atoms with Crippen molar-refractivity contribution in [2.24, 2.45) is 0 Å². The van der Waals surface area contributed by atoms with Crippen LogP contribution in [0.15, 0.2) is 0 Å². The molecule has 0 saturated heterocycles. The highest BCUT2D eigenvalue weighted by Gasteiger charge is 1.87. The van der Waals surface area contributed by atoms with Crippen molar-refractivity contribution in [1.82, 2.24) is 16.0 Å². The largest absolute Gasteiger partial charge is 0.315 e. The molecule has 0 amide bonds. The summed E-state index contributed by atoms with van der Waals surface area (Å²) in [5.74, 6) is 0. The summed E-state index contributed by atoms with van der Waals surface area (Å²) >= 11 is 0. The molecule has 4 heteroatoms. The zero-order valence-corrected chi connectivity index (χ0v) is 9.23. The quantitative estimate of drug-likeness (QED) is 0.285. The Balaban J connectivity index is 2.81. The van der Waals surface area contributed by atoms with E-state index in [9.17, 15) is 0 Å². The van der Waals surface area contributed by atoms with Crippen molar-refractivity contribution < 1.29 is 0 Å². The van der Waals surface area contributed by atoms with Crippen molar-refractivity contribution in [1.29, 1.82) is 5.41 Å². The lowest BCUT2D eigenvalue weighted by atomic mass is 10.4. The molecule has 0 aromatic carbocycles. The second-order valence-corrected chi connectivity index (χ2v) is 3.24. The highest BCUT2D eigenvalue weighted by Crippen LogP contribution is 1.69. The van der Waals surface area contributed by atoms with Gasteiger partial charge < -0.3 is 21.4 Å². The van der Waals surface area contributed by atoms with Crippen LogP contribution < -0.4 is 16.0 Å². The Morgan fingerprint density at radius 3 is 1.86 bits per heavy atom. The lowest BCUT2D eigenvalue weighted by molar-refractivity contribution is 0.583. The van der Waals surface area contributed by atoms with Crippen LogP contribution in [0.2, 0.25) is 0 Å². The molecule has 4 nitrogen and oxygen atoms in total. The van der Waals surface area contributed by atoms with E-state index in [-0.39, 0.29) is 0 Å². The van der Waals surface area contributed by atoms with Crippen LogP contribution in [0.4, 0.5) is 0 Å². The average molecular weight is 200 g/mol. The summed E-state index contributed by atoms with van der Waals surface area (Å²) in [7, 11) is 0. The molecule has 0 unspecified atom stereocenters. The van der Waals surface area contributed by atoms with Gasteiger partial charge in [-0.25, -0.2) is 0 Å². The maximum Gasteiger partial charge on any atom is 0.00772 e. The molecule has 0 aliphatic rings. The number of hydrogen-bond acceptors (Lipinski definition) is 4. The molecule has 0 aliphatic carbocycles. The molecule has 0 aromatic heterocycles. The zero-order chi connectivity index (χ0) is 10.5. The lowest BCUT2D eigenvalue weighted by Crippen LogP contribution is -2.33. The predicted molar refractivity (Wildman–Crippen MR) is 62.3 cm³/mol. The third-order valence-corrected chi connectivity index (χ3v) is 1.85. The van der Waals surface area contributed by atoms with E-state index in [1.165, 1.54) is 12.6 Å². The maximum absolute atomic E-state index is 6.82. The van der Waals surface area contributed by atoms with E-state index in [1.807, 2.05) is 0 Å². The monoisotopic (exact) mass is 200 g/mol. The first-order chi connectivity index (χ1) is 6.91. The molecule has 84 valence electrons. The molecule has 0 radical (unpaired) electrons. The highest BCUT2D eigenvalue weighted by atomic mass is 15.0. The van der Waals surface area contributed by atoms with Gasteiger partial charge in [0.05, 0.1) is 0 Å². The average Bonchev–Trinajstić information content (AvgIpc) is 2.21. The summed E-state index contributed by atoms with van der Waals surface area (Å²) in [5, 5.41) is 16.8. The normalized spacial score (nSPS) is 10.4. The van der Waals surface area contributed by atoms with Crippen molar-refractivity contribution in [2.45, 2.75) is 19.8 Å². The second-order valence-electron chi connectivity index (χ2n) is 3.24. The third-order valence-electron chi connectivity index (χ3n) is 1.85. The minimum atomic E-state index is 0.831. The fraction of sp³-hybridized carbons (Fsp3) is 0.900. The molecule has 4 N–H and O–H groups in total. The Hall–Kier alpha value is -0.450. The molecule has 0 rings (SSSR count). The van der Waals surface area contributed by atoms with Crippen LogP contribution in [0.1, 0.15) is 19.8 Å². The highest BCUT2D eigenvalue weighted by molar-refractivity contribution is 5.52. The van der Waals surface area contributed by atoms with Gasteiger partial charge in [-0.1, -0.05) is 6.92 Å². The fourth-order valence-electron chi connectivity index (χ4n) is 1.08. The molecule has 0 heterocycles. The Morgan fingerprint density at radius 2 is 1.36 bits per heavy atom. The van der Waals surface area contributed by atoms with Crippen LogP contribution >= 0.6 is 0 Å². The van der Waals surface area contributed by atoms with E-state index < -0.39 is 0 Å². The van der Waals surface area contributed by atoms with Gasteiger partial charge in [0.2, 0.25) is 0 Å². The molecule has 14 heavy (non-hydrogen) atoms. The molecule has 0 aliphatic heterocycles. The van der Waals surface area contributed by atoms with Gasteiger partial charge in [-0.3, -0.25) is 0 Å². The van der Waals surface area contributed by atoms with E-state index >= 15 is 0 Å². The predicted octanol–water partition coefficient (Wildman–Crippen LogP) is 0.205. The number of rotatable bonds is 11. The Kier molecular flexibility index (Phi) is 12.1. The molecular weight excluding hydrogens is 176 g/mol. The van der Waals surface area contributed by atoms with Gasteiger partial charge >= 0.3 is 0 Å². The molecular formula is C10H24N4. The number of nitrogens with one attached hydrogen (secondary N) is 4. The summed E-state index contributed by atoms with van der Waals surface area (Å²) in [5.41, 5.74) is 0. The topological polar surface area (TPSA) is 59.9 Å². The van der Waals surface area contributed by atoms with Crippen molar-refractivity contribution in [3.8, 4) is 0 Å². The van der Waals surface area contributed by atoms with Crippen molar-refractivity contribution >= 4 is 6.21 Å². The zero-order valence-electron chi connectivity index (χ0n) is 9.23. The first-order valence-corrected chi connectivity index (χ1v) is 5.53. The van der Waals surface area contributed by atoms with Gasteiger partial charge in [-0.15, -0.1) is 0 Å². The Morgan fingerprint density at radius 1 is 0.857 bits per heavy atom. The molecule has 0 spiro atoms. The fourth-order valence-corrected chi connectivity index (χ4v) is 1.08. The van der Waals surface area contributed by atoms with Crippen molar-refractivity contribution in [3.05, 3.63) is 0 Å². The van der Waals surface area contributed by atoms with Gasteiger partial charge in [0.15, 0.2) is 0 Å². The van der Waals surface area contributed by atoms with Crippen LogP contribution in [0, 0.1) is 5.41 Å². The van der Waals surface area contributed by atoms with Crippen LogP contribution in [0.3, 0.4) is 0 Å². The van der Waals surface area contributed by atoms with E-state index in [2.05, 4.69) is 22.9 Å². The summed E-state index contributed by atoms with van der Waals surface area (Å²) in [6.07, 6.45) is 3.47. The second kappa shape index (κ2) is 12.6. The van der Waals surface area contributed by atoms with Crippen molar-refractivity contribution in [3.63, 3.8) is 0 Å². The van der Waals surface area contributed by atoms with Gasteiger partial charge in [0.1, 0.15) is 0 Å². The Bertz CT molecular complexity index is 117. The van der Waals surface area contributed by atoms with Crippen LogP contribution in [0.25, 0.3) is 0 Å². The standard InChI is InChI=1S/C10H24N4/c1-2-5-12-7-9-14-10-8-13-6-3-4-11/h4,11-14H,2-3,5-10H2,1H3. The third kappa shape index (κ3) is 11.6. The van der Waals surface area contributed by atoms with E-state index in [4.69, 9.17) is 5.41 Å². The summed E-state index contributed by atoms with van der Waals surface area (Å²) in [6.45, 7) is 8.28. The molecule has 0 saturated carbocycles. The maximum atomic E-state index is 6.82. The summed E-state index contributed by atoms with van der Waals surface area (Å²) in [6, 6.07) is 0. The molecule has 0 bridgehead atoms. The SMILES string of the molecule is CCCNCCNCCNCCC=N. The van der Waals surface area contributed by atoms with Gasteiger partial charge in [-0.2, -0.15) is 0 Å². The summed E-state index contributed by atoms with van der Waals surface area (Å²) < 4.78 is 0. The molecule has 0 atom stereocenters. The first kappa shape index (κ1) is 13.5. The first-order valence-electron chi connectivity index (χ1n) is 5.53. The Labute approximate surface area is 87.4 Å². The van der Waals surface area contributed by atoms with Crippen LogP contribution in [-0.4, -0.2) is 45.5 Å². The summed E-state index contributed by atoms with van der Waals surface area (Å²) in [4.78, 5) is 0. The molecule has 0 aromatic rings. The van der Waals surface area contributed by atoms with Crippen molar-refractivity contribution in [2.75, 3.05) is 39.3 Å². The van der Waals surface area contributed by atoms with Crippen LogP contribution in [0.5, 0.6) is 0 Å².